The van der Waals surface area contributed by atoms with Gasteiger partial charge < -0.3 is 14.2 Å². The van der Waals surface area contributed by atoms with Gasteiger partial charge >= 0.3 is 5.97 Å². The molecule has 0 aliphatic carbocycles. The van der Waals surface area contributed by atoms with Crippen molar-refractivity contribution in [2.24, 2.45) is 0 Å². The summed E-state index contributed by atoms with van der Waals surface area (Å²) in [6.45, 7) is 1.79. The Morgan fingerprint density at radius 2 is 2.17 bits per heavy atom. The molecule has 0 radical (unpaired) electrons. The summed E-state index contributed by atoms with van der Waals surface area (Å²) in [6, 6.07) is 6.84. The molecule has 0 saturated heterocycles. The van der Waals surface area contributed by atoms with Gasteiger partial charge in [-0.3, -0.25) is 4.79 Å². The van der Waals surface area contributed by atoms with Crippen LogP contribution in [0.1, 0.15) is 20.8 Å². The Kier molecular flexibility index (Phi) is 4.16. The molecular weight excluding hydrogens is 316 g/mol. The van der Waals surface area contributed by atoms with Crippen molar-refractivity contribution in [3.63, 3.8) is 0 Å². The van der Waals surface area contributed by atoms with Crippen molar-refractivity contribution in [3.8, 4) is 11.5 Å². The predicted octanol–water partition coefficient (Wildman–Crippen LogP) is 3.22. The third-order valence-electron chi connectivity index (χ3n) is 3.39. The zero-order chi connectivity index (χ0) is 16.4. The maximum atomic E-state index is 12.4. The molecule has 0 amide bonds. The fourth-order valence-corrected chi connectivity index (χ4v) is 2.96. The molecule has 0 unspecified atom stereocenters. The van der Waals surface area contributed by atoms with Crippen LogP contribution in [0.5, 0.6) is 11.5 Å². The van der Waals surface area contributed by atoms with Crippen LogP contribution in [0.25, 0.3) is 6.08 Å². The van der Waals surface area contributed by atoms with Crippen molar-refractivity contribution in [3.05, 3.63) is 51.4 Å². The average molecular weight is 330 g/mol. The Morgan fingerprint density at radius 3 is 2.87 bits per heavy atom. The lowest BCUT2D eigenvalue weighted by atomic mass is 10.1. The SMILES string of the molecule is COC(=O)COc1ccc2c(c1)O/C(=C/c1sccc1C)C2=O. The predicted molar refractivity (Wildman–Crippen MR) is 85.9 cm³/mol. The van der Waals surface area contributed by atoms with Crippen LogP contribution in [0.15, 0.2) is 35.4 Å². The molecular formula is C17H14O5S. The summed E-state index contributed by atoms with van der Waals surface area (Å²) in [5, 5.41) is 1.97. The van der Waals surface area contributed by atoms with Crippen molar-refractivity contribution in [1.82, 2.24) is 0 Å². The molecule has 1 aromatic carbocycles. The molecule has 2 heterocycles. The first-order chi connectivity index (χ1) is 11.1. The maximum absolute atomic E-state index is 12.4. The van der Waals surface area contributed by atoms with Crippen LogP contribution in [-0.4, -0.2) is 25.5 Å². The van der Waals surface area contributed by atoms with Crippen LogP contribution < -0.4 is 9.47 Å². The van der Waals surface area contributed by atoms with Crippen LogP contribution in [0.2, 0.25) is 0 Å². The summed E-state index contributed by atoms with van der Waals surface area (Å²) in [6.07, 6.45) is 1.75. The standard InChI is InChI=1S/C17H14O5S/c1-10-5-6-23-15(10)8-14-17(19)12-4-3-11(7-13(12)22-14)21-9-16(18)20-2/h3-8H,9H2,1-2H3/b14-8+. The number of ketones is 1. The Bertz CT molecular complexity index is 803. The number of carbonyl (C=O) groups is 2. The number of ether oxygens (including phenoxy) is 3. The minimum absolute atomic E-state index is 0.160. The van der Waals surface area contributed by atoms with Crippen LogP contribution in [-0.2, 0) is 9.53 Å². The Balaban J connectivity index is 1.81. The quantitative estimate of drug-likeness (QED) is 0.636. The number of aryl methyl sites for hydroxylation is 1. The van der Waals surface area contributed by atoms with Gasteiger partial charge in [-0.05, 0) is 36.1 Å². The lowest BCUT2D eigenvalue weighted by molar-refractivity contribution is -0.142. The molecule has 0 saturated carbocycles. The first kappa shape index (κ1) is 15.3. The first-order valence-corrected chi connectivity index (χ1v) is 7.78. The number of methoxy groups -OCH3 is 1. The number of carbonyl (C=O) groups excluding carboxylic acids is 2. The van der Waals surface area contributed by atoms with E-state index < -0.39 is 5.97 Å². The number of esters is 1. The Morgan fingerprint density at radius 1 is 1.35 bits per heavy atom. The van der Waals surface area contributed by atoms with Gasteiger partial charge in [0.2, 0.25) is 5.78 Å². The van der Waals surface area contributed by atoms with E-state index in [4.69, 9.17) is 9.47 Å². The van der Waals surface area contributed by atoms with Crippen LogP contribution in [0, 0.1) is 6.92 Å². The van der Waals surface area contributed by atoms with Crippen LogP contribution in [0.4, 0.5) is 0 Å². The zero-order valence-electron chi connectivity index (χ0n) is 12.6. The largest absolute Gasteiger partial charge is 0.482 e. The van der Waals surface area contributed by atoms with Crippen LogP contribution >= 0.6 is 11.3 Å². The minimum atomic E-state index is -0.476. The van der Waals surface area contributed by atoms with Crippen molar-refractivity contribution in [2.45, 2.75) is 6.92 Å². The number of allylic oxidation sites excluding steroid dienone is 1. The van der Waals surface area contributed by atoms with Gasteiger partial charge in [-0.25, -0.2) is 4.79 Å². The molecule has 0 spiro atoms. The lowest BCUT2D eigenvalue weighted by Crippen LogP contribution is -2.12. The van der Waals surface area contributed by atoms with E-state index in [0.717, 1.165) is 10.4 Å². The topological polar surface area (TPSA) is 61.8 Å². The molecule has 1 aliphatic heterocycles. The van der Waals surface area contributed by atoms with E-state index in [9.17, 15) is 9.59 Å². The number of rotatable bonds is 4. The average Bonchev–Trinajstić information content (AvgIpc) is 3.09. The van der Waals surface area contributed by atoms with Crippen molar-refractivity contribution in [2.75, 3.05) is 13.7 Å². The van der Waals surface area contributed by atoms with E-state index in [1.807, 2.05) is 18.4 Å². The van der Waals surface area contributed by atoms with Crippen molar-refractivity contribution in [1.29, 1.82) is 0 Å². The van der Waals surface area contributed by atoms with E-state index in [1.54, 1.807) is 35.6 Å². The third kappa shape index (κ3) is 3.12. The highest BCUT2D eigenvalue weighted by Gasteiger charge is 2.28. The van der Waals surface area contributed by atoms with Crippen molar-refractivity contribution >= 4 is 29.2 Å². The number of Topliss-reactive ketones (excluding diaryl/α,β-unsaturated/α-hetero) is 1. The fraction of sp³-hybridized carbons (Fsp3) is 0.176. The number of hydrogen-bond donors (Lipinski definition) is 0. The van der Waals surface area contributed by atoms with E-state index in [-0.39, 0.29) is 18.1 Å². The normalized spacial score (nSPS) is 14.5. The van der Waals surface area contributed by atoms with Crippen molar-refractivity contribution < 1.29 is 23.8 Å². The first-order valence-electron chi connectivity index (χ1n) is 6.90. The Hall–Kier alpha value is -2.60. The second-order valence-electron chi connectivity index (χ2n) is 4.93. The number of benzene rings is 1. The van der Waals surface area contributed by atoms with Gasteiger partial charge in [0, 0.05) is 17.0 Å². The molecule has 0 N–H and O–H groups in total. The Labute approximate surface area is 137 Å². The molecule has 0 atom stereocenters. The second kappa shape index (κ2) is 6.26. The minimum Gasteiger partial charge on any atom is -0.482 e. The molecule has 5 nitrogen and oxygen atoms in total. The molecule has 2 aromatic rings. The highest BCUT2D eigenvalue weighted by Crippen LogP contribution is 2.35. The van der Waals surface area contributed by atoms with Gasteiger partial charge in [0.05, 0.1) is 12.7 Å². The van der Waals surface area contributed by atoms with Crippen LogP contribution in [0.3, 0.4) is 0 Å². The van der Waals surface area contributed by atoms with E-state index in [0.29, 0.717) is 17.1 Å². The highest BCUT2D eigenvalue weighted by molar-refractivity contribution is 7.11. The summed E-state index contributed by atoms with van der Waals surface area (Å²) in [5.74, 6) is 0.521. The lowest BCUT2D eigenvalue weighted by Gasteiger charge is -2.05. The summed E-state index contributed by atoms with van der Waals surface area (Å²) < 4.78 is 15.5. The number of hydrogen-bond acceptors (Lipinski definition) is 6. The molecule has 23 heavy (non-hydrogen) atoms. The van der Waals surface area contributed by atoms with Gasteiger partial charge in [0.25, 0.3) is 0 Å². The van der Waals surface area contributed by atoms with Gasteiger partial charge in [-0.2, -0.15) is 0 Å². The summed E-state index contributed by atoms with van der Waals surface area (Å²) in [5.41, 5.74) is 1.58. The number of fused-ring (bicyclic) bond motifs is 1. The molecule has 0 bridgehead atoms. The maximum Gasteiger partial charge on any atom is 0.343 e. The molecule has 0 fully saturated rings. The van der Waals surface area contributed by atoms with Gasteiger partial charge in [-0.15, -0.1) is 11.3 Å². The zero-order valence-corrected chi connectivity index (χ0v) is 13.4. The van der Waals surface area contributed by atoms with E-state index in [2.05, 4.69) is 4.74 Å². The van der Waals surface area contributed by atoms with E-state index in [1.165, 1.54) is 7.11 Å². The summed E-state index contributed by atoms with van der Waals surface area (Å²) in [4.78, 5) is 24.4. The monoisotopic (exact) mass is 330 g/mol. The molecule has 6 heteroatoms. The summed E-state index contributed by atoms with van der Waals surface area (Å²) in [7, 11) is 1.29. The molecule has 3 rings (SSSR count). The second-order valence-corrected chi connectivity index (χ2v) is 5.88. The van der Waals surface area contributed by atoms with Gasteiger partial charge in [0.1, 0.15) is 11.5 Å². The van der Waals surface area contributed by atoms with Gasteiger partial charge in [0.15, 0.2) is 12.4 Å². The van der Waals surface area contributed by atoms with Gasteiger partial charge in [-0.1, -0.05) is 0 Å². The molecule has 118 valence electrons. The smallest absolute Gasteiger partial charge is 0.343 e. The van der Waals surface area contributed by atoms with E-state index >= 15 is 0 Å². The summed E-state index contributed by atoms with van der Waals surface area (Å²) >= 11 is 1.55. The number of thiophene rings is 1. The molecule has 1 aromatic heterocycles. The molecule has 1 aliphatic rings. The highest BCUT2D eigenvalue weighted by atomic mass is 32.1. The third-order valence-corrected chi connectivity index (χ3v) is 4.36. The fourth-order valence-electron chi connectivity index (χ4n) is 2.11.